The van der Waals surface area contributed by atoms with Gasteiger partial charge in [-0.2, -0.15) is 0 Å². The molecule has 0 bridgehead atoms. The summed E-state index contributed by atoms with van der Waals surface area (Å²) in [6, 6.07) is 8.06. The number of esters is 1. The minimum Gasteiger partial charge on any atom is -0.469 e. The minimum atomic E-state index is -0.356. The lowest BCUT2D eigenvalue weighted by molar-refractivity contribution is -0.140. The molecule has 1 aromatic rings. The Morgan fingerprint density at radius 3 is 2.50 bits per heavy atom. The van der Waals surface area contributed by atoms with Crippen molar-refractivity contribution in [2.75, 3.05) is 7.11 Å². The molecule has 1 atom stereocenters. The highest BCUT2D eigenvalue weighted by atomic mass is 16.5. The van der Waals surface area contributed by atoms with Gasteiger partial charge in [0.1, 0.15) is 0 Å². The van der Waals surface area contributed by atoms with Gasteiger partial charge in [0.05, 0.1) is 13.2 Å². The first-order valence-electron chi connectivity index (χ1n) is 7.51. The molecule has 0 heterocycles. The molecule has 0 aliphatic carbocycles. The molecule has 1 N–H and O–H groups in total. The molecule has 0 radical (unpaired) electrons. The van der Waals surface area contributed by atoms with Gasteiger partial charge in [-0.05, 0) is 30.4 Å². The molecule has 112 valence electrons. The van der Waals surface area contributed by atoms with E-state index in [2.05, 4.69) is 11.7 Å². The molecule has 1 aromatic carbocycles. The summed E-state index contributed by atoms with van der Waals surface area (Å²) in [5, 5.41) is 10.1. The summed E-state index contributed by atoms with van der Waals surface area (Å²) in [4.78, 5) is 11.0. The van der Waals surface area contributed by atoms with E-state index in [1.165, 1.54) is 25.5 Å². The van der Waals surface area contributed by atoms with E-state index in [9.17, 15) is 9.90 Å². The highest BCUT2D eigenvalue weighted by Gasteiger charge is 2.07. The Bertz CT molecular complexity index is 384. The van der Waals surface area contributed by atoms with Crippen LogP contribution in [0.2, 0.25) is 0 Å². The first-order valence-corrected chi connectivity index (χ1v) is 7.51. The van der Waals surface area contributed by atoms with Crippen molar-refractivity contribution in [3.8, 4) is 0 Å². The van der Waals surface area contributed by atoms with E-state index in [0.29, 0.717) is 6.42 Å². The van der Waals surface area contributed by atoms with Gasteiger partial charge in [0.15, 0.2) is 0 Å². The maximum atomic E-state index is 11.0. The third-order valence-electron chi connectivity index (χ3n) is 3.52. The molecule has 0 fully saturated rings. The number of carbonyl (C=O) groups excluding carboxylic acids is 1. The van der Waals surface area contributed by atoms with Crippen molar-refractivity contribution < 1.29 is 14.6 Å². The van der Waals surface area contributed by atoms with Crippen LogP contribution in [-0.4, -0.2) is 18.2 Å². The molecule has 0 aliphatic rings. The number of ether oxygens (including phenoxy) is 1. The third kappa shape index (κ3) is 6.20. The average molecular weight is 278 g/mol. The Morgan fingerprint density at radius 1 is 1.20 bits per heavy atom. The molecule has 20 heavy (non-hydrogen) atoms. The van der Waals surface area contributed by atoms with Crippen molar-refractivity contribution in [2.45, 2.75) is 58.0 Å². The normalized spacial score (nSPS) is 12.2. The van der Waals surface area contributed by atoms with Crippen molar-refractivity contribution in [3.05, 3.63) is 35.4 Å². The van der Waals surface area contributed by atoms with E-state index in [0.717, 1.165) is 31.2 Å². The van der Waals surface area contributed by atoms with Gasteiger partial charge in [-0.3, -0.25) is 4.79 Å². The minimum absolute atomic E-state index is 0.159. The van der Waals surface area contributed by atoms with Crippen molar-refractivity contribution in [2.24, 2.45) is 0 Å². The molecule has 0 aromatic heterocycles. The molecular formula is C17H26O3. The second kappa shape index (κ2) is 9.54. The van der Waals surface area contributed by atoms with Gasteiger partial charge < -0.3 is 9.84 Å². The topological polar surface area (TPSA) is 46.5 Å². The summed E-state index contributed by atoms with van der Waals surface area (Å²) in [6.45, 7) is 2.16. The molecule has 0 spiro atoms. The number of benzene rings is 1. The lowest BCUT2D eigenvalue weighted by atomic mass is 10.0. The zero-order valence-corrected chi connectivity index (χ0v) is 12.6. The number of methoxy groups -OCH3 is 1. The molecular weight excluding hydrogens is 252 g/mol. The molecule has 3 heteroatoms. The van der Waals surface area contributed by atoms with Crippen molar-refractivity contribution in [3.63, 3.8) is 0 Å². The number of aliphatic hydroxyl groups excluding tert-OH is 1. The summed E-state index contributed by atoms with van der Waals surface area (Å²) in [6.07, 6.45) is 6.00. The van der Waals surface area contributed by atoms with Crippen molar-refractivity contribution in [1.29, 1.82) is 0 Å². The van der Waals surface area contributed by atoms with Crippen molar-refractivity contribution >= 4 is 5.97 Å². The first-order chi connectivity index (χ1) is 9.67. The van der Waals surface area contributed by atoms with Crippen LogP contribution in [0.15, 0.2) is 24.3 Å². The number of carbonyl (C=O) groups is 1. The summed E-state index contributed by atoms with van der Waals surface area (Å²) < 4.78 is 4.61. The van der Waals surface area contributed by atoms with Gasteiger partial charge in [0, 0.05) is 6.42 Å². The van der Waals surface area contributed by atoms with Crippen LogP contribution in [0, 0.1) is 0 Å². The third-order valence-corrected chi connectivity index (χ3v) is 3.52. The molecule has 0 aliphatic heterocycles. The number of rotatable bonds is 9. The van der Waals surface area contributed by atoms with E-state index in [4.69, 9.17) is 0 Å². The fourth-order valence-electron chi connectivity index (χ4n) is 2.20. The maximum absolute atomic E-state index is 11.0. The fraction of sp³-hybridized carbons (Fsp3) is 0.588. The van der Waals surface area contributed by atoms with E-state index in [1.54, 1.807) is 0 Å². The zero-order chi connectivity index (χ0) is 14.8. The highest BCUT2D eigenvalue weighted by Crippen LogP contribution is 2.20. The number of hydrogen-bond donors (Lipinski definition) is 1. The standard InChI is InChI=1S/C17H26O3/c1-3-4-5-8-16(18)15-12-10-14(11-13-15)7-6-9-17(19)20-2/h10-13,16,18H,3-9H2,1-2H3. The lowest BCUT2D eigenvalue weighted by Gasteiger charge is -2.11. The van der Waals surface area contributed by atoms with E-state index >= 15 is 0 Å². The summed E-state index contributed by atoms with van der Waals surface area (Å²) >= 11 is 0. The van der Waals surface area contributed by atoms with Gasteiger partial charge >= 0.3 is 5.97 Å². The summed E-state index contributed by atoms with van der Waals surface area (Å²) in [5.74, 6) is -0.159. The number of hydrogen-bond acceptors (Lipinski definition) is 3. The van der Waals surface area contributed by atoms with E-state index in [-0.39, 0.29) is 12.1 Å². The SMILES string of the molecule is CCCCCC(O)c1ccc(CCCC(=O)OC)cc1. The van der Waals surface area contributed by atoms with Gasteiger partial charge in [-0.15, -0.1) is 0 Å². The predicted molar refractivity (Wildman–Crippen MR) is 80.5 cm³/mol. The fourth-order valence-corrected chi connectivity index (χ4v) is 2.20. The molecule has 0 amide bonds. The van der Waals surface area contributed by atoms with Crippen LogP contribution in [0.5, 0.6) is 0 Å². The number of unbranched alkanes of at least 4 members (excludes halogenated alkanes) is 2. The van der Waals surface area contributed by atoms with Gasteiger partial charge in [-0.25, -0.2) is 0 Å². The Labute approximate surface area is 122 Å². The molecule has 0 saturated heterocycles. The Morgan fingerprint density at radius 2 is 1.90 bits per heavy atom. The van der Waals surface area contributed by atoms with Crippen LogP contribution in [0.25, 0.3) is 0 Å². The lowest BCUT2D eigenvalue weighted by Crippen LogP contribution is -2.01. The molecule has 3 nitrogen and oxygen atoms in total. The second-order valence-corrected chi connectivity index (χ2v) is 5.18. The van der Waals surface area contributed by atoms with Gasteiger partial charge in [-0.1, -0.05) is 50.5 Å². The van der Waals surface area contributed by atoms with Crippen LogP contribution in [-0.2, 0) is 16.0 Å². The van der Waals surface area contributed by atoms with Crippen LogP contribution in [0.3, 0.4) is 0 Å². The van der Waals surface area contributed by atoms with E-state index < -0.39 is 0 Å². The number of aliphatic hydroxyl groups is 1. The monoisotopic (exact) mass is 278 g/mol. The van der Waals surface area contributed by atoms with Crippen LogP contribution in [0.1, 0.15) is 62.7 Å². The van der Waals surface area contributed by atoms with Crippen LogP contribution >= 0.6 is 0 Å². The first kappa shape index (κ1) is 16.7. The summed E-state index contributed by atoms with van der Waals surface area (Å²) in [5.41, 5.74) is 2.18. The van der Waals surface area contributed by atoms with Gasteiger partial charge in [0.25, 0.3) is 0 Å². The van der Waals surface area contributed by atoms with Gasteiger partial charge in [0.2, 0.25) is 0 Å². The van der Waals surface area contributed by atoms with Crippen LogP contribution in [0.4, 0.5) is 0 Å². The zero-order valence-electron chi connectivity index (χ0n) is 12.6. The Kier molecular flexibility index (Phi) is 7.97. The predicted octanol–water partition coefficient (Wildman–Crippen LogP) is 3.80. The Hall–Kier alpha value is -1.35. The quantitative estimate of drug-likeness (QED) is 0.552. The Balaban J connectivity index is 2.37. The molecule has 1 unspecified atom stereocenters. The average Bonchev–Trinajstić information content (AvgIpc) is 2.48. The van der Waals surface area contributed by atoms with E-state index in [1.807, 2.05) is 24.3 Å². The van der Waals surface area contributed by atoms with Crippen LogP contribution < -0.4 is 0 Å². The smallest absolute Gasteiger partial charge is 0.305 e. The number of aryl methyl sites for hydroxylation is 1. The highest BCUT2D eigenvalue weighted by molar-refractivity contribution is 5.69. The summed E-state index contributed by atoms with van der Waals surface area (Å²) in [7, 11) is 1.41. The largest absolute Gasteiger partial charge is 0.469 e. The molecule has 1 rings (SSSR count). The second-order valence-electron chi connectivity index (χ2n) is 5.18. The maximum Gasteiger partial charge on any atom is 0.305 e. The van der Waals surface area contributed by atoms with Crippen molar-refractivity contribution in [1.82, 2.24) is 0 Å². The molecule has 0 saturated carbocycles.